The van der Waals surface area contributed by atoms with E-state index in [1.54, 1.807) is 18.3 Å². The number of amides is 1. The molecule has 0 aliphatic carbocycles. The van der Waals surface area contributed by atoms with Crippen molar-refractivity contribution in [1.29, 1.82) is 0 Å². The number of para-hydroxylation sites is 1. The predicted octanol–water partition coefficient (Wildman–Crippen LogP) is 5.17. The van der Waals surface area contributed by atoms with E-state index in [9.17, 15) is 4.79 Å². The zero-order valence-electron chi connectivity index (χ0n) is 16.3. The highest BCUT2D eigenvalue weighted by Gasteiger charge is 2.11. The molecule has 0 unspecified atom stereocenters. The number of benzene rings is 3. The average Bonchev–Trinajstić information content (AvgIpc) is 2.79. The van der Waals surface area contributed by atoms with E-state index in [-0.39, 0.29) is 0 Å². The van der Waals surface area contributed by atoms with Gasteiger partial charge in [0.05, 0.1) is 11.9 Å². The summed E-state index contributed by atoms with van der Waals surface area (Å²) in [6.07, 6.45) is 1.74. The molecule has 1 amide bonds. The van der Waals surface area contributed by atoms with Gasteiger partial charge >= 0.3 is 0 Å². The van der Waals surface area contributed by atoms with Crippen molar-refractivity contribution in [2.75, 3.05) is 5.32 Å². The van der Waals surface area contributed by atoms with E-state index in [0.717, 1.165) is 28.1 Å². The van der Waals surface area contributed by atoms with E-state index >= 15 is 0 Å². The summed E-state index contributed by atoms with van der Waals surface area (Å²) in [5, 5.41) is 3.35. The molecule has 5 heteroatoms. The van der Waals surface area contributed by atoms with Crippen molar-refractivity contribution in [2.45, 2.75) is 6.61 Å². The first kappa shape index (κ1) is 19.2. The van der Waals surface area contributed by atoms with E-state index in [4.69, 9.17) is 10.5 Å². The number of nitrogens with two attached hydrogens (primary N) is 1. The highest BCUT2D eigenvalue weighted by Crippen LogP contribution is 2.32. The summed E-state index contributed by atoms with van der Waals surface area (Å²) in [4.78, 5) is 16.0. The number of rotatable bonds is 7. The topological polar surface area (TPSA) is 77.2 Å². The van der Waals surface area contributed by atoms with Crippen LogP contribution in [-0.2, 0) is 6.61 Å². The number of hydrogen-bond donors (Lipinski definition) is 2. The minimum Gasteiger partial charge on any atom is -0.472 e. The van der Waals surface area contributed by atoms with Crippen LogP contribution in [0.2, 0.25) is 0 Å². The minimum atomic E-state index is -0.459. The number of carbonyl (C=O) groups excluding carboxylic acids is 1. The van der Waals surface area contributed by atoms with Crippen LogP contribution in [0.3, 0.4) is 0 Å². The van der Waals surface area contributed by atoms with Gasteiger partial charge in [0.25, 0.3) is 0 Å². The Labute approximate surface area is 175 Å². The van der Waals surface area contributed by atoms with Gasteiger partial charge < -0.3 is 15.8 Å². The van der Waals surface area contributed by atoms with Crippen molar-refractivity contribution in [1.82, 2.24) is 4.98 Å². The quantitative estimate of drug-likeness (QED) is 0.453. The summed E-state index contributed by atoms with van der Waals surface area (Å²) < 4.78 is 6.03. The van der Waals surface area contributed by atoms with E-state index in [1.165, 1.54) is 0 Å². The lowest BCUT2D eigenvalue weighted by Crippen LogP contribution is -2.10. The summed E-state index contributed by atoms with van der Waals surface area (Å²) in [6.45, 7) is 0.408. The van der Waals surface area contributed by atoms with Crippen LogP contribution in [0.25, 0.3) is 11.1 Å². The number of anilines is 2. The third-order valence-corrected chi connectivity index (χ3v) is 4.61. The van der Waals surface area contributed by atoms with Gasteiger partial charge in [-0.15, -0.1) is 0 Å². The van der Waals surface area contributed by atoms with Crippen molar-refractivity contribution in [2.24, 2.45) is 5.73 Å². The standard InChI is InChI=1S/C25H21N3O2/c26-24(29)20-13-11-19(12-14-20)23-15-22(28-21-9-5-2-6-10-21)16-27-25(23)30-17-18-7-3-1-4-8-18/h1-16,28H,17H2,(H2,26,29). The second-order valence-corrected chi connectivity index (χ2v) is 6.78. The molecule has 30 heavy (non-hydrogen) atoms. The number of ether oxygens (including phenoxy) is 1. The molecule has 3 aromatic carbocycles. The van der Waals surface area contributed by atoms with Gasteiger partial charge in [0, 0.05) is 16.8 Å². The maximum atomic E-state index is 11.4. The molecule has 0 atom stereocenters. The fourth-order valence-corrected chi connectivity index (χ4v) is 3.07. The monoisotopic (exact) mass is 395 g/mol. The molecule has 1 aromatic heterocycles. The number of nitrogens with zero attached hydrogens (tertiary/aromatic N) is 1. The Morgan fingerprint density at radius 1 is 0.867 bits per heavy atom. The average molecular weight is 395 g/mol. The molecule has 0 fully saturated rings. The van der Waals surface area contributed by atoms with Crippen molar-refractivity contribution in [3.63, 3.8) is 0 Å². The Hall–Kier alpha value is -4.12. The van der Waals surface area contributed by atoms with Crippen LogP contribution >= 0.6 is 0 Å². The first-order chi connectivity index (χ1) is 14.7. The number of primary amides is 1. The van der Waals surface area contributed by atoms with Crippen LogP contribution in [0.4, 0.5) is 11.4 Å². The summed E-state index contributed by atoms with van der Waals surface area (Å²) in [5.74, 6) is 0.0593. The number of nitrogens with one attached hydrogen (secondary N) is 1. The minimum absolute atomic E-state index is 0.408. The highest BCUT2D eigenvalue weighted by atomic mass is 16.5. The lowest BCUT2D eigenvalue weighted by molar-refractivity contribution is 0.100. The van der Waals surface area contributed by atoms with E-state index in [1.807, 2.05) is 78.9 Å². The lowest BCUT2D eigenvalue weighted by Gasteiger charge is -2.14. The van der Waals surface area contributed by atoms with Gasteiger partial charge in [0.1, 0.15) is 6.61 Å². The zero-order chi connectivity index (χ0) is 20.8. The van der Waals surface area contributed by atoms with Crippen LogP contribution < -0.4 is 15.8 Å². The van der Waals surface area contributed by atoms with Gasteiger partial charge in [0.15, 0.2) is 0 Å². The lowest BCUT2D eigenvalue weighted by atomic mass is 10.0. The van der Waals surface area contributed by atoms with E-state index in [2.05, 4.69) is 10.3 Å². The molecule has 1 heterocycles. The van der Waals surface area contributed by atoms with E-state index < -0.39 is 5.91 Å². The van der Waals surface area contributed by atoms with Crippen molar-refractivity contribution in [3.05, 3.63) is 108 Å². The van der Waals surface area contributed by atoms with E-state index in [0.29, 0.717) is 18.1 Å². The Morgan fingerprint density at radius 2 is 1.53 bits per heavy atom. The summed E-state index contributed by atoms with van der Waals surface area (Å²) in [6, 6.07) is 28.9. The van der Waals surface area contributed by atoms with Crippen molar-refractivity contribution >= 4 is 17.3 Å². The van der Waals surface area contributed by atoms with Gasteiger partial charge in [-0.05, 0) is 41.5 Å². The summed E-state index contributed by atoms with van der Waals surface area (Å²) >= 11 is 0. The molecule has 0 saturated carbocycles. The van der Waals surface area contributed by atoms with Gasteiger partial charge in [-0.3, -0.25) is 4.79 Å². The molecule has 0 bridgehead atoms. The Bertz CT molecular complexity index is 1130. The molecule has 5 nitrogen and oxygen atoms in total. The number of pyridine rings is 1. The van der Waals surface area contributed by atoms with Crippen LogP contribution in [0.15, 0.2) is 97.2 Å². The van der Waals surface area contributed by atoms with Gasteiger partial charge in [-0.1, -0.05) is 60.7 Å². The highest BCUT2D eigenvalue weighted by molar-refractivity contribution is 5.93. The molecule has 0 saturated heterocycles. The molecule has 0 spiro atoms. The maximum absolute atomic E-state index is 11.4. The molecule has 148 valence electrons. The van der Waals surface area contributed by atoms with Crippen LogP contribution in [0.5, 0.6) is 5.88 Å². The van der Waals surface area contributed by atoms with Crippen LogP contribution in [0, 0.1) is 0 Å². The molecule has 3 N–H and O–H groups in total. The SMILES string of the molecule is NC(=O)c1ccc(-c2cc(Nc3ccccc3)cnc2OCc2ccccc2)cc1. The second-order valence-electron chi connectivity index (χ2n) is 6.78. The fraction of sp³-hybridized carbons (Fsp3) is 0.0400. The predicted molar refractivity (Wildman–Crippen MR) is 119 cm³/mol. The number of aromatic nitrogens is 1. The molecular formula is C25H21N3O2. The van der Waals surface area contributed by atoms with Crippen molar-refractivity contribution in [3.8, 4) is 17.0 Å². The summed E-state index contributed by atoms with van der Waals surface area (Å²) in [7, 11) is 0. The van der Waals surface area contributed by atoms with Gasteiger partial charge in [-0.2, -0.15) is 0 Å². The molecule has 4 rings (SSSR count). The Morgan fingerprint density at radius 3 is 2.20 bits per heavy atom. The zero-order valence-corrected chi connectivity index (χ0v) is 16.3. The summed E-state index contributed by atoms with van der Waals surface area (Å²) in [5.41, 5.74) is 10.4. The Kier molecular flexibility index (Phi) is 5.71. The first-order valence-electron chi connectivity index (χ1n) is 9.58. The van der Waals surface area contributed by atoms with Crippen LogP contribution in [-0.4, -0.2) is 10.9 Å². The maximum Gasteiger partial charge on any atom is 0.248 e. The number of hydrogen-bond acceptors (Lipinski definition) is 4. The first-order valence-corrected chi connectivity index (χ1v) is 9.58. The van der Waals surface area contributed by atoms with Gasteiger partial charge in [0.2, 0.25) is 11.8 Å². The Balaban J connectivity index is 1.66. The van der Waals surface area contributed by atoms with Gasteiger partial charge in [-0.25, -0.2) is 4.98 Å². The normalized spacial score (nSPS) is 10.4. The molecule has 0 radical (unpaired) electrons. The second kappa shape index (κ2) is 8.92. The third kappa shape index (κ3) is 4.64. The van der Waals surface area contributed by atoms with Crippen molar-refractivity contribution < 1.29 is 9.53 Å². The molecule has 0 aliphatic rings. The van der Waals surface area contributed by atoms with Crippen LogP contribution in [0.1, 0.15) is 15.9 Å². The molecule has 4 aromatic rings. The number of carbonyl (C=O) groups is 1. The molecule has 0 aliphatic heterocycles. The molecular weight excluding hydrogens is 374 g/mol. The fourth-order valence-electron chi connectivity index (χ4n) is 3.07. The third-order valence-electron chi connectivity index (χ3n) is 4.61. The smallest absolute Gasteiger partial charge is 0.248 e. The largest absolute Gasteiger partial charge is 0.472 e.